The normalized spacial score (nSPS) is 18.6. The third-order valence-electron chi connectivity index (χ3n) is 4.87. The highest BCUT2D eigenvalue weighted by atomic mass is 32.2. The van der Waals surface area contributed by atoms with Gasteiger partial charge in [-0.2, -0.15) is 4.31 Å². The molecule has 0 radical (unpaired) electrons. The summed E-state index contributed by atoms with van der Waals surface area (Å²) in [5.74, 6) is -0.0677. The molecule has 0 bridgehead atoms. The highest BCUT2D eigenvalue weighted by molar-refractivity contribution is 7.92. The Morgan fingerprint density at radius 3 is 2.29 bits per heavy atom. The summed E-state index contributed by atoms with van der Waals surface area (Å²) in [4.78, 5) is 0.250. The van der Waals surface area contributed by atoms with Crippen LogP contribution in [-0.2, 0) is 20.0 Å². The first-order valence-electron chi connectivity index (χ1n) is 9.09. The average Bonchev–Trinajstić information content (AvgIpc) is 2.73. The maximum atomic E-state index is 13.0. The Morgan fingerprint density at radius 1 is 1.00 bits per heavy atom. The minimum Gasteiger partial charge on any atom is -0.211 e. The van der Waals surface area contributed by atoms with E-state index in [2.05, 4.69) is 11.3 Å². The monoisotopic (exact) mass is 420 g/mol. The van der Waals surface area contributed by atoms with Gasteiger partial charge in [-0.1, -0.05) is 49.0 Å². The van der Waals surface area contributed by atoms with E-state index in [4.69, 9.17) is 0 Å². The molecule has 1 saturated heterocycles. The first-order valence-corrected chi connectivity index (χ1v) is 12.1. The third kappa shape index (κ3) is 4.88. The number of hydrogen-bond acceptors (Lipinski definition) is 4. The van der Waals surface area contributed by atoms with Gasteiger partial charge in [0, 0.05) is 25.0 Å². The molecule has 1 atom stereocenters. The largest absolute Gasteiger partial charge is 0.243 e. The van der Waals surface area contributed by atoms with Crippen LogP contribution in [-0.4, -0.2) is 40.8 Å². The molecule has 0 spiro atoms. The molecule has 6 nitrogen and oxygen atoms in total. The second-order valence-corrected chi connectivity index (χ2v) is 10.5. The SMILES string of the molecule is C=CS(=O)(=O)NC[C@H]1CCCN(S(=O)(=O)c2ccc(-c3ccccc3)cc2)C1. The molecule has 0 aromatic heterocycles. The maximum Gasteiger partial charge on any atom is 0.243 e. The van der Waals surface area contributed by atoms with Gasteiger partial charge in [0.2, 0.25) is 20.0 Å². The van der Waals surface area contributed by atoms with E-state index in [-0.39, 0.29) is 17.4 Å². The molecule has 1 aliphatic heterocycles. The molecule has 1 N–H and O–H groups in total. The Hall–Kier alpha value is -2.00. The maximum absolute atomic E-state index is 13.0. The molecule has 1 aliphatic rings. The first-order chi connectivity index (χ1) is 13.3. The Labute approximate surface area is 167 Å². The van der Waals surface area contributed by atoms with Gasteiger partial charge in [-0.15, -0.1) is 0 Å². The number of piperidine rings is 1. The lowest BCUT2D eigenvalue weighted by Crippen LogP contribution is -2.43. The van der Waals surface area contributed by atoms with Crippen LogP contribution < -0.4 is 4.72 Å². The van der Waals surface area contributed by atoms with E-state index in [1.807, 2.05) is 42.5 Å². The highest BCUT2D eigenvalue weighted by Crippen LogP contribution is 2.26. The van der Waals surface area contributed by atoms with Crippen molar-refractivity contribution < 1.29 is 16.8 Å². The molecule has 3 rings (SSSR count). The Morgan fingerprint density at radius 2 is 1.64 bits per heavy atom. The summed E-state index contributed by atoms with van der Waals surface area (Å²) in [5.41, 5.74) is 1.98. The highest BCUT2D eigenvalue weighted by Gasteiger charge is 2.30. The van der Waals surface area contributed by atoms with Gasteiger partial charge in [0.25, 0.3) is 0 Å². The van der Waals surface area contributed by atoms with E-state index < -0.39 is 20.0 Å². The molecular formula is C20H24N2O4S2. The van der Waals surface area contributed by atoms with Crippen molar-refractivity contribution in [2.45, 2.75) is 17.7 Å². The molecule has 0 aliphatic carbocycles. The summed E-state index contributed by atoms with van der Waals surface area (Å²) in [7, 11) is -7.13. The Balaban J connectivity index is 1.72. The third-order valence-corrected chi connectivity index (χ3v) is 7.76. The van der Waals surface area contributed by atoms with Crippen LogP contribution in [0.15, 0.2) is 71.5 Å². The second-order valence-electron chi connectivity index (χ2n) is 6.82. The van der Waals surface area contributed by atoms with Crippen molar-refractivity contribution in [1.82, 2.24) is 9.03 Å². The lowest BCUT2D eigenvalue weighted by atomic mass is 10.0. The van der Waals surface area contributed by atoms with Gasteiger partial charge in [0.05, 0.1) is 4.90 Å². The van der Waals surface area contributed by atoms with E-state index in [0.717, 1.165) is 23.0 Å². The molecule has 0 unspecified atom stereocenters. The lowest BCUT2D eigenvalue weighted by Gasteiger charge is -2.32. The summed E-state index contributed by atoms with van der Waals surface area (Å²) < 4.78 is 53.0. The predicted molar refractivity (Wildman–Crippen MR) is 110 cm³/mol. The van der Waals surface area contributed by atoms with Crippen molar-refractivity contribution in [1.29, 1.82) is 0 Å². The number of hydrogen-bond donors (Lipinski definition) is 1. The van der Waals surface area contributed by atoms with Gasteiger partial charge in [-0.3, -0.25) is 0 Å². The number of benzene rings is 2. The second kappa shape index (κ2) is 8.57. The van der Waals surface area contributed by atoms with Crippen molar-refractivity contribution in [3.63, 3.8) is 0 Å². The molecule has 8 heteroatoms. The molecule has 2 aromatic rings. The van der Waals surface area contributed by atoms with Crippen LogP contribution in [0.1, 0.15) is 12.8 Å². The van der Waals surface area contributed by atoms with Crippen LogP contribution in [0, 0.1) is 5.92 Å². The van der Waals surface area contributed by atoms with Gasteiger partial charge in [0.1, 0.15) is 0 Å². The van der Waals surface area contributed by atoms with E-state index in [0.29, 0.717) is 19.5 Å². The zero-order chi connectivity index (χ0) is 20.2. The molecule has 1 fully saturated rings. The van der Waals surface area contributed by atoms with E-state index >= 15 is 0 Å². The smallest absolute Gasteiger partial charge is 0.211 e. The zero-order valence-corrected chi connectivity index (χ0v) is 17.1. The summed E-state index contributed by atoms with van der Waals surface area (Å²) in [6.45, 7) is 4.20. The van der Waals surface area contributed by atoms with Crippen LogP contribution in [0.3, 0.4) is 0 Å². The van der Waals surface area contributed by atoms with Gasteiger partial charge in [-0.05, 0) is 42.0 Å². The molecule has 1 heterocycles. The molecule has 150 valence electrons. The fraction of sp³-hybridized carbons (Fsp3) is 0.300. The fourth-order valence-corrected chi connectivity index (χ4v) is 5.44. The van der Waals surface area contributed by atoms with Gasteiger partial charge in [0.15, 0.2) is 0 Å². The summed E-state index contributed by atoms with van der Waals surface area (Å²) in [5, 5.41) is 0.860. The van der Waals surface area contributed by atoms with E-state index in [1.165, 1.54) is 4.31 Å². The minimum atomic E-state index is -3.62. The predicted octanol–water partition coefficient (Wildman–Crippen LogP) is 2.82. The quantitative estimate of drug-likeness (QED) is 0.747. The van der Waals surface area contributed by atoms with Gasteiger partial charge in [-0.25, -0.2) is 21.6 Å². The average molecular weight is 421 g/mol. The summed E-state index contributed by atoms with van der Waals surface area (Å²) >= 11 is 0. The Bertz CT molecular complexity index is 1020. The molecule has 0 saturated carbocycles. The van der Waals surface area contributed by atoms with Gasteiger partial charge < -0.3 is 0 Å². The number of sulfonamides is 2. The molecular weight excluding hydrogens is 396 g/mol. The minimum absolute atomic E-state index is 0.0677. The van der Waals surface area contributed by atoms with Gasteiger partial charge >= 0.3 is 0 Å². The van der Waals surface area contributed by atoms with Crippen molar-refractivity contribution in [2.24, 2.45) is 5.92 Å². The lowest BCUT2D eigenvalue weighted by molar-refractivity contribution is 0.267. The van der Waals surface area contributed by atoms with Crippen LogP contribution in [0.25, 0.3) is 11.1 Å². The molecule has 28 heavy (non-hydrogen) atoms. The van der Waals surface area contributed by atoms with E-state index in [1.54, 1.807) is 12.1 Å². The Kier molecular flexibility index (Phi) is 6.34. The van der Waals surface area contributed by atoms with E-state index in [9.17, 15) is 16.8 Å². The summed E-state index contributed by atoms with van der Waals surface area (Å²) in [6.07, 6.45) is 1.47. The number of nitrogens with zero attached hydrogens (tertiary/aromatic N) is 1. The molecule has 0 amide bonds. The van der Waals surface area contributed by atoms with Crippen LogP contribution >= 0.6 is 0 Å². The molecule has 2 aromatic carbocycles. The van der Waals surface area contributed by atoms with Crippen molar-refractivity contribution in [3.8, 4) is 11.1 Å². The van der Waals surface area contributed by atoms with Crippen molar-refractivity contribution in [2.75, 3.05) is 19.6 Å². The standard InChI is InChI=1S/C20H24N2O4S2/c1-2-27(23,24)21-15-17-7-6-14-22(16-17)28(25,26)20-12-10-19(11-13-20)18-8-4-3-5-9-18/h2-5,8-13,17,21H,1,6-7,14-16H2/t17-/m1/s1. The first kappa shape index (κ1) is 20.7. The van der Waals surface area contributed by atoms with Crippen molar-refractivity contribution in [3.05, 3.63) is 66.6 Å². The number of rotatable bonds is 7. The fourth-order valence-electron chi connectivity index (χ4n) is 3.30. The zero-order valence-electron chi connectivity index (χ0n) is 15.5. The van der Waals surface area contributed by atoms with Crippen LogP contribution in [0.2, 0.25) is 0 Å². The van der Waals surface area contributed by atoms with Crippen LogP contribution in [0.5, 0.6) is 0 Å². The topological polar surface area (TPSA) is 83.6 Å². The number of nitrogens with one attached hydrogen (secondary N) is 1. The van der Waals surface area contributed by atoms with Crippen molar-refractivity contribution >= 4 is 20.0 Å². The van der Waals surface area contributed by atoms with Crippen LogP contribution in [0.4, 0.5) is 0 Å². The summed E-state index contributed by atoms with van der Waals surface area (Å²) in [6, 6.07) is 16.6.